The molecule has 1 rings (SSSR count). The maximum Gasteiger partial charge on any atom is 0.407 e. The van der Waals surface area contributed by atoms with E-state index in [0.717, 1.165) is 19.3 Å². The van der Waals surface area contributed by atoms with Crippen LogP contribution in [-0.2, 0) is 11.2 Å². The topological polar surface area (TPSA) is 38.3 Å². The summed E-state index contributed by atoms with van der Waals surface area (Å²) in [6, 6.07) is 10.3. The van der Waals surface area contributed by atoms with Gasteiger partial charge in [0.2, 0.25) is 0 Å². The maximum atomic E-state index is 10.9. The lowest BCUT2D eigenvalue weighted by atomic mass is 10.1. The lowest BCUT2D eigenvalue weighted by molar-refractivity contribution is 0.144. The molecular formula is C13H19NO2. The van der Waals surface area contributed by atoms with E-state index in [1.807, 2.05) is 25.1 Å². The summed E-state index contributed by atoms with van der Waals surface area (Å²) in [7, 11) is 0. The molecule has 88 valence electrons. The Hall–Kier alpha value is -1.51. The minimum Gasteiger partial charge on any atom is -0.450 e. The van der Waals surface area contributed by atoms with Crippen molar-refractivity contribution >= 4 is 6.09 Å². The first kappa shape index (κ1) is 12.6. The smallest absolute Gasteiger partial charge is 0.407 e. The molecule has 0 radical (unpaired) electrons. The molecule has 0 aliphatic heterocycles. The zero-order valence-corrected chi connectivity index (χ0v) is 9.74. The van der Waals surface area contributed by atoms with Crippen LogP contribution in [0.5, 0.6) is 0 Å². The van der Waals surface area contributed by atoms with E-state index in [1.165, 1.54) is 5.56 Å². The number of ether oxygens (including phenoxy) is 1. The minimum atomic E-state index is -0.317. The second-order valence-electron chi connectivity index (χ2n) is 3.61. The van der Waals surface area contributed by atoms with Crippen molar-refractivity contribution in [3.63, 3.8) is 0 Å². The summed E-state index contributed by atoms with van der Waals surface area (Å²) in [4.78, 5) is 10.9. The van der Waals surface area contributed by atoms with Gasteiger partial charge in [-0.25, -0.2) is 4.79 Å². The molecule has 0 unspecified atom stereocenters. The van der Waals surface area contributed by atoms with Crippen molar-refractivity contribution in [1.29, 1.82) is 0 Å². The van der Waals surface area contributed by atoms with Gasteiger partial charge >= 0.3 is 6.09 Å². The molecule has 1 amide bonds. The summed E-state index contributed by atoms with van der Waals surface area (Å²) in [5, 5.41) is 2.59. The Bertz CT molecular complexity index is 298. The van der Waals surface area contributed by atoms with Gasteiger partial charge in [-0.1, -0.05) is 30.3 Å². The number of alkyl carbamates (subject to hydrolysis) is 1. The number of aryl methyl sites for hydroxylation is 1. The molecule has 0 spiro atoms. The van der Waals surface area contributed by atoms with E-state index in [9.17, 15) is 4.79 Å². The number of rotatable bonds is 6. The monoisotopic (exact) mass is 221 g/mol. The van der Waals surface area contributed by atoms with Crippen molar-refractivity contribution in [1.82, 2.24) is 5.32 Å². The van der Waals surface area contributed by atoms with Gasteiger partial charge in [-0.2, -0.15) is 0 Å². The summed E-state index contributed by atoms with van der Waals surface area (Å²) in [6.45, 7) is 2.98. The third-order valence-corrected chi connectivity index (χ3v) is 2.26. The number of amides is 1. The van der Waals surface area contributed by atoms with E-state index < -0.39 is 0 Å². The van der Waals surface area contributed by atoms with E-state index in [-0.39, 0.29) is 6.09 Å². The normalized spacial score (nSPS) is 9.81. The highest BCUT2D eigenvalue weighted by Gasteiger charge is 1.98. The van der Waals surface area contributed by atoms with Gasteiger partial charge in [0.05, 0.1) is 6.61 Å². The Morgan fingerprint density at radius 3 is 2.69 bits per heavy atom. The fraction of sp³-hybridized carbons (Fsp3) is 0.462. The standard InChI is InChI=1S/C13H19NO2/c1-2-14-13(15)16-11-7-6-10-12-8-4-3-5-9-12/h3-5,8-9H,2,6-7,10-11H2,1H3,(H,14,15). The number of carbonyl (C=O) groups is 1. The SMILES string of the molecule is CCNC(=O)OCCCCc1ccccc1. The average Bonchev–Trinajstić information content (AvgIpc) is 2.30. The average molecular weight is 221 g/mol. The predicted molar refractivity (Wildman–Crippen MR) is 64.4 cm³/mol. The summed E-state index contributed by atoms with van der Waals surface area (Å²) in [5.41, 5.74) is 1.33. The Balaban J connectivity index is 2.02. The molecule has 0 atom stereocenters. The number of benzene rings is 1. The molecule has 0 saturated heterocycles. The van der Waals surface area contributed by atoms with Crippen LogP contribution in [0.25, 0.3) is 0 Å². The van der Waals surface area contributed by atoms with Gasteiger partial charge in [0.1, 0.15) is 0 Å². The fourth-order valence-corrected chi connectivity index (χ4v) is 1.44. The molecular weight excluding hydrogens is 202 g/mol. The second kappa shape index (κ2) is 7.74. The largest absolute Gasteiger partial charge is 0.450 e. The van der Waals surface area contributed by atoms with E-state index in [4.69, 9.17) is 4.74 Å². The molecule has 3 heteroatoms. The van der Waals surface area contributed by atoms with E-state index in [0.29, 0.717) is 13.2 Å². The molecule has 16 heavy (non-hydrogen) atoms. The molecule has 1 aromatic carbocycles. The van der Waals surface area contributed by atoms with Crippen molar-refractivity contribution < 1.29 is 9.53 Å². The van der Waals surface area contributed by atoms with Gasteiger partial charge in [0.15, 0.2) is 0 Å². The number of hydrogen-bond donors (Lipinski definition) is 1. The highest BCUT2D eigenvalue weighted by Crippen LogP contribution is 2.04. The first-order valence-corrected chi connectivity index (χ1v) is 5.77. The maximum absolute atomic E-state index is 10.9. The third kappa shape index (κ3) is 5.39. The molecule has 3 nitrogen and oxygen atoms in total. The zero-order valence-electron chi connectivity index (χ0n) is 9.74. The van der Waals surface area contributed by atoms with Crippen LogP contribution in [0, 0.1) is 0 Å². The number of nitrogens with one attached hydrogen (secondary N) is 1. The van der Waals surface area contributed by atoms with Crippen LogP contribution in [-0.4, -0.2) is 19.2 Å². The quantitative estimate of drug-likeness (QED) is 0.750. The molecule has 0 fully saturated rings. The van der Waals surface area contributed by atoms with E-state index >= 15 is 0 Å². The lowest BCUT2D eigenvalue weighted by Gasteiger charge is -2.05. The van der Waals surface area contributed by atoms with Crippen molar-refractivity contribution in [2.75, 3.05) is 13.2 Å². The summed E-state index contributed by atoms with van der Waals surface area (Å²) in [5.74, 6) is 0. The van der Waals surface area contributed by atoms with E-state index in [1.54, 1.807) is 0 Å². The van der Waals surface area contributed by atoms with Crippen LogP contribution in [0.15, 0.2) is 30.3 Å². The van der Waals surface area contributed by atoms with Crippen LogP contribution < -0.4 is 5.32 Å². The van der Waals surface area contributed by atoms with Gasteiger partial charge in [0, 0.05) is 6.54 Å². The Morgan fingerprint density at radius 1 is 1.25 bits per heavy atom. The summed E-state index contributed by atoms with van der Waals surface area (Å²) < 4.78 is 4.97. The van der Waals surface area contributed by atoms with Gasteiger partial charge in [-0.15, -0.1) is 0 Å². The van der Waals surface area contributed by atoms with Crippen LogP contribution in [0.4, 0.5) is 4.79 Å². The second-order valence-corrected chi connectivity index (χ2v) is 3.61. The van der Waals surface area contributed by atoms with Crippen molar-refractivity contribution in [3.8, 4) is 0 Å². The Labute approximate surface area is 96.8 Å². The summed E-state index contributed by atoms with van der Waals surface area (Å²) >= 11 is 0. The molecule has 1 N–H and O–H groups in total. The summed E-state index contributed by atoms with van der Waals surface area (Å²) in [6.07, 6.45) is 2.68. The number of carbonyl (C=O) groups excluding carboxylic acids is 1. The highest BCUT2D eigenvalue weighted by atomic mass is 16.5. The van der Waals surface area contributed by atoms with E-state index in [2.05, 4.69) is 17.4 Å². The van der Waals surface area contributed by atoms with Gasteiger partial charge in [-0.05, 0) is 31.7 Å². The van der Waals surface area contributed by atoms with Crippen LogP contribution in [0.2, 0.25) is 0 Å². The molecule has 0 saturated carbocycles. The Morgan fingerprint density at radius 2 is 2.00 bits per heavy atom. The van der Waals surface area contributed by atoms with Crippen LogP contribution >= 0.6 is 0 Å². The first-order chi connectivity index (χ1) is 7.83. The van der Waals surface area contributed by atoms with Crippen LogP contribution in [0.1, 0.15) is 25.3 Å². The van der Waals surface area contributed by atoms with Gasteiger partial charge in [0.25, 0.3) is 0 Å². The fourth-order valence-electron chi connectivity index (χ4n) is 1.44. The van der Waals surface area contributed by atoms with Gasteiger partial charge in [-0.3, -0.25) is 0 Å². The third-order valence-electron chi connectivity index (χ3n) is 2.26. The van der Waals surface area contributed by atoms with Crippen molar-refractivity contribution in [2.24, 2.45) is 0 Å². The first-order valence-electron chi connectivity index (χ1n) is 5.77. The van der Waals surface area contributed by atoms with Crippen molar-refractivity contribution in [2.45, 2.75) is 26.2 Å². The minimum absolute atomic E-state index is 0.317. The molecule has 0 aromatic heterocycles. The molecule has 0 heterocycles. The van der Waals surface area contributed by atoms with Crippen LogP contribution in [0.3, 0.4) is 0 Å². The molecule has 0 aliphatic rings. The van der Waals surface area contributed by atoms with Gasteiger partial charge < -0.3 is 10.1 Å². The lowest BCUT2D eigenvalue weighted by Crippen LogP contribution is -2.24. The Kier molecular flexibility index (Phi) is 6.07. The predicted octanol–water partition coefficient (Wildman–Crippen LogP) is 2.76. The molecule has 0 bridgehead atoms. The number of hydrogen-bond acceptors (Lipinski definition) is 2. The zero-order chi connectivity index (χ0) is 11.6. The highest BCUT2D eigenvalue weighted by molar-refractivity contribution is 5.66. The van der Waals surface area contributed by atoms with Crippen molar-refractivity contribution in [3.05, 3.63) is 35.9 Å². The number of unbranched alkanes of at least 4 members (excludes halogenated alkanes) is 1. The molecule has 0 aliphatic carbocycles. The molecule has 1 aromatic rings.